The number of anilines is 3. The Morgan fingerprint density at radius 2 is 0.716 bits per heavy atom. The average molecular weight is 856 g/mol. The molecule has 0 N–H and O–H groups in total. The Morgan fingerprint density at radius 1 is 0.299 bits per heavy atom. The molecular weight excluding hydrogens is 807 g/mol. The number of benzene rings is 11. The van der Waals surface area contributed by atoms with Crippen molar-refractivity contribution in [2.75, 3.05) is 4.90 Å². The van der Waals surface area contributed by atoms with E-state index < -0.39 is 10.8 Å². The molecule has 0 saturated heterocycles. The molecule has 0 aromatic heterocycles. The number of hydrogen-bond acceptors (Lipinski definition) is 1. The minimum atomic E-state index is -0.721. The van der Waals surface area contributed by atoms with E-state index in [1.165, 1.54) is 11.1 Å². The molecule has 0 radical (unpaired) electrons. The van der Waals surface area contributed by atoms with Gasteiger partial charge in [0.05, 0.1) is 16.3 Å². The maximum absolute atomic E-state index is 10.3. The molecule has 2 aliphatic carbocycles. The molecule has 0 unspecified atom stereocenters. The third kappa shape index (κ3) is 5.88. The first-order chi connectivity index (χ1) is 34.9. The van der Waals surface area contributed by atoms with Crippen molar-refractivity contribution in [1.82, 2.24) is 0 Å². The van der Waals surface area contributed by atoms with Gasteiger partial charge in [-0.25, -0.2) is 0 Å². The van der Waals surface area contributed by atoms with Crippen LogP contribution >= 0.6 is 0 Å². The van der Waals surface area contributed by atoms with Gasteiger partial charge in [-0.15, -0.1) is 0 Å². The van der Waals surface area contributed by atoms with E-state index in [1.807, 2.05) is 47.4 Å². The second-order valence-corrected chi connectivity index (χ2v) is 17.6. The van der Waals surface area contributed by atoms with Gasteiger partial charge in [-0.05, 0) is 131 Å². The van der Waals surface area contributed by atoms with Gasteiger partial charge in [-0.1, -0.05) is 230 Å². The van der Waals surface area contributed by atoms with E-state index >= 15 is 0 Å². The van der Waals surface area contributed by atoms with Crippen molar-refractivity contribution >= 4 is 27.8 Å². The number of rotatable bonds is 8. The Bertz CT molecular complexity index is 3610. The molecule has 0 aliphatic heterocycles. The van der Waals surface area contributed by atoms with E-state index in [0.717, 1.165) is 77.8 Å². The SMILES string of the molecule is [2H]c1c([2H])c(-c2ccc3ccccc3c2)c([2H])c(N(c2ccc3c(c2)C(c2ccccc2)(c2ccccc2)c2ccccc2-3)c2ccc3c(c2)C(c2ccccc2)(c2ccccc2)c2ccccc2-3)c1[2H]. The molecule has 0 atom stereocenters. The molecule has 0 heterocycles. The molecule has 67 heavy (non-hydrogen) atoms. The zero-order valence-electron chi connectivity index (χ0n) is 40.6. The summed E-state index contributed by atoms with van der Waals surface area (Å²) in [5.74, 6) is 0. The van der Waals surface area contributed by atoms with Crippen LogP contribution in [-0.4, -0.2) is 0 Å². The summed E-state index contributed by atoms with van der Waals surface area (Å²) in [7, 11) is 0. The van der Waals surface area contributed by atoms with Crippen LogP contribution < -0.4 is 4.90 Å². The van der Waals surface area contributed by atoms with Gasteiger partial charge in [0.15, 0.2) is 0 Å². The first-order valence-electron chi connectivity index (χ1n) is 25.0. The Morgan fingerprint density at radius 3 is 1.21 bits per heavy atom. The molecule has 2 aliphatic rings. The Balaban J connectivity index is 1.14. The van der Waals surface area contributed by atoms with Crippen LogP contribution in [0.4, 0.5) is 17.1 Å². The lowest BCUT2D eigenvalue weighted by Crippen LogP contribution is -2.29. The second-order valence-electron chi connectivity index (χ2n) is 17.6. The lowest BCUT2D eigenvalue weighted by molar-refractivity contribution is 0.767. The summed E-state index contributed by atoms with van der Waals surface area (Å²) in [6.07, 6.45) is 0. The van der Waals surface area contributed by atoms with Crippen molar-refractivity contribution in [3.8, 4) is 33.4 Å². The maximum Gasteiger partial charge on any atom is 0.0714 e. The number of fused-ring (bicyclic) bond motifs is 7. The molecule has 0 spiro atoms. The van der Waals surface area contributed by atoms with Crippen molar-refractivity contribution in [3.63, 3.8) is 0 Å². The maximum atomic E-state index is 10.3. The highest BCUT2D eigenvalue weighted by molar-refractivity contribution is 5.93. The summed E-state index contributed by atoms with van der Waals surface area (Å²) < 4.78 is 39.3. The molecule has 0 bridgehead atoms. The summed E-state index contributed by atoms with van der Waals surface area (Å²) in [5, 5.41) is 2.01. The molecule has 314 valence electrons. The first-order valence-corrected chi connectivity index (χ1v) is 23.0. The molecule has 11 aromatic carbocycles. The number of nitrogens with zero attached hydrogens (tertiary/aromatic N) is 1. The van der Waals surface area contributed by atoms with Crippen LogP contribution in [0.1, 0.15) is 50.0 Å². The van der Waals surface area contributed by atoms with Crippen LogP contribution in [0.2, 0.25) is 0 Å². The molecule has 1 nitrogen and oxygen atoms in total. The highest BCUT2D eigenvalue weighted by Crippen LogP contribution is 2.59. The predicted octanol–water partition coefficient (Wildman–Crippen LogP) is 16.7. The molecule has 0 fully saturated rings. The van der Waals surface area contributed by atoms with Crippen molar-refractivity contribution in [2.45, 2.75) is 10.8 Å². The molecule has 11 aromatic rings. The van der Waals surface area contributed by atoms with Crippen LogP contribution in [0.5, 0.6) is 0 Å². The first kappa shape index (κ1) is 34.8. The van der Waals surface area contributed by atoms with Gasteiger partial charge < -0.3 is 4.90 Å². The monoisotopic (exact) mass is 855 g/mol. The van der Waals surface area contributed by atoms with Crippen LogP contribution in [0.3, 0.4) is 0 Å². The predicted molar refractivity (Wildman–Crippen MR) is 279 cm³/mol. The highest BCUT2D eigenvalue weighted by atomic mass is 15.1. The van der Waals surface area contributed by atoms with E-state index in [0.29, 0.717) is 11.1 Å². The van der Waals surface area contributed by atoms with Crippen LogP contribution in [0, 0.1) is 0 Å². The topological polar surface area (TPSA) is 3.24 Å². The van der Waals surface area contributed by atoms with Gasteiger partial charge in [-0.2, -0.15) is 0 Å². The minimum Gasteiger partial charge on any atom is -0.310 e. The van der Waals surface area contributed by atoms with Gasteiger partial charge in [0.1, 0.15) is 0 Å². The normalized spacial score (nSPS) is 14.4. The highest BCUT2D eigenvalue weighted by Gasteiger charge is 2.48. The van der Waals surface area contributed by atoms with E-state index in [-0.39, 0.29) is 29.9 Å². The van der Waals surface area contributed by atoms with E-state index in [9.17, 15) is 5.48 Å². The summed E-state index contributed by atoms with van der Waals surface area (Å²) >= 11 is 0. The van der Waals surface area contributed by atoms with Crippen LogP contribution in [0.15, 0.2) is 273 Å². The van der Waals surface area contributed by atoms with Gasteiger partial charge in [0.25, 0.3) is 0 Å². The zero-order chi connectivity index (χ0) is 47.8. The van der Waals surface area contributed by atoms with Crippen LogP contribution in [0.25, 0.3) is 44.2 Å². The third-order valence-corrected chi connectivity index (χ3v) is 14.3. The summed E-state index contributed by atoms with van der Waals surface area (Å²) in [4.78, 5) is 2.03. The lowest BCUT2D eigenvalue weighted by Gasteiger charge is -2.36. The third-order valence-electron chi connectivity index (χ3n) is 14.3. The zero-order valence-corrected chi connectivity index (χ0v) is 36.6. The smallest absolute Gasteiger partial charge is 0.0714 e. The van der Waals surface area contributed by atoms with Crippen molar-refractivity contribution in [1.29, 1.82) is 0 Å². The van der Waals surface area contributed by atoms with Gasteiger partial charge in [0.2, 0.25) is 0 Å². The average Bonchev–Trinajstić information content (AvgIpc) is 3.90. The molecule has 0 saturated carbocycles. The molecule has 0 amide bonds. The fourth-order valence-electron chi connectivity index (χ4n) is 11.5. The minimum absolute atomic E-state index is 0.00798. The van der Waals surface area contributed by atoms with Crippen LogP contribution in [-0.2, 0) is 10.8 Å². The molecule has 13 rings (SSSR count). The Kier molecular flexibility index (Phi) is 8.10. The quantitative estimate of drug-likeness (QED) is 0.147. The summed E-state index contributed by atoms with van der Waals surface area (Å²) in [6.45, 7) is 0. The fourth-order valence-corrected chi connectivity index (χ4v) is 11.5. The lowest BCUT2D eigenvalue weighted by atomic mass is 9.67. The van der Waals surface area contributed by atoms with Crippen molar-refractivity contribution < 1.29 is 5.48 Å². The fraction of sp³-hybridized carbons (Fsp3) is 0.0303. The van der Waals surface area contributed by atoms with Gasteiger partial charge in [-0.3, -0.25) is 0 Å². The van der Waals surface area contributed by atoms with Gasteiger partial charge in [0, 0.05) is 17.1 Å². The van der Waals surface area contributed by atoms with Crippen molar-refractivity contribution in [3.05, 3.63) is 317 Å². The Labute approximate surface area is 398 Å². The van der Waals surface area contributed by atoms with E-state index in [4.69, 9.17) is 0 Å². The number of hydrogen-bond donors (Lipinski definition) is 0. The van der Waals surface area contributed by atoms with Gasteiger partial charge >= 0.3 is 0 Å². The summed E-state index contributed by atoms with van der Waals surface area (Å²) in [6, 6.07) is 86.8. The molecular formula is C66H45N. The summed E-state index contributed by atoms with van der Waals surface area (Å²) in [5.41, 5.74) is 14.7. The Hall–Kier alpha value is -8.52. The van der Waals surface area contributed by atoms with E-state index in [1.54, 1.807) is 0 Å². The standard InChI is InChI=1S/C66H45N/c1-5-23-50(24-6-1)65(51-25-7-2-8-26-51)61-34-17-15-32-57(61)59-40-38-55(44-63(59)65)67(54-31-19-22-48(43-54)49-37-36-46-20-13-14-21-47(46)42-49)56-39-41-60-58-33-16-18-35-62(58)66(64(60)45-56,52-27-9-3-10-28-52)53-29-11-4-12-30-53/h1-45H/i19D,22D,31D,43D. The van der Waals surface area contributed by atoms with Crippen molar-refractivity contribution in [2.24, 2.45) is 0 Å². The molecule has 1 heteroatoms. The van der Waals surface area contributed by atoms with E-state index in [2.05, 4.69) is 206 Å². The largest absolute Gasteiger partial charge is 0.310 e. The second kappa shape index (κ2) is 15.6.